The molecule has 0 bridgehead atoms. The van der Waals surface area contributed by atoms with Crippen LogP contribution in [0.3, 0.4) is 0 Å². The van der Waals surface area contributed by atoms with Gasteiger partial charge in [0, 0.05) is 18.3 Å². The predicted octanol–water partition coefficient (Wildman–Crippen LogP) is 5.14. The average Bonchev–Trinajstić information content (AvgIpc) is 3.14. The van der Waals surface area contributed by atoms with Crippen molar-refractivity contribution in [2.45, 2.75) is 63.5 Å². The molecule has 0 aromatic heterocycles. The number of anilines is 1. The molecule has 160 valence electrons. The van der Waals surface area contributed by atoms with Gasteiger partial charge in [0.1, 0.15) is 5.82 Å². The zero-order chi connectivity index (χ0) is 21.0. The first-order valence-corrected chi connectivity index (χ1v) is 11.2. The van der Waals surface area contributed by atoms with Crippen LogP contribution < -0.4 is 10.6 Å². The Bertz CT molecular complexity index is 863. The molecule has 1 saturated heterocycles. The highest BCUT2D eigenvalue weighted by Crippen LogP contribution is 2.35. The van der Waals surface area contributed by atoms with Gasteiger partial charge in [-0.25, -0.2) is 9.18 Å². The fraction of sp³-hybridized carbons (Fsp3) is 0.480. The SMILES string of the molecule is CCc1cccc(NC(=O)NC2(CN3CCCC3Cc3ccc(F)cc3)CCC2)c1. The van der Waals surface area contributed by atoms with Crippen LogP contribution in [0.4, 0.5) is 14.9 Å². The molecule has 2 aromatic rings. The maximum Gasteiger partial charge on any atom is 0.319 e. The summed E-state index contributed by atoms with van der Waals surface area (Å²) >= 11 is 0. The van der Waals surface area contributed by atoms with Crippen molar-refractivity contribution in [3.63, 3.8) is 0 Å². The number of amides is 2. The van der Waals surface area contributed by atoms with E-state index in [-0.39, 0.29) is 17.4 Å². The first-order chi connectivity index (χ1) is 14.5. The topological polar surface area (TPSA) is 44.4 Å². The van der Waals surface area contributed by atoms with Gasteiger partial charge in [0.15, 0.2) is 0 Å². The molecule has 1 aliphatic carbocycles. The normalized spacial score (nSPS) is 20.5. The van der Waals surface area contributed by atoms with Gasteiger partial charge in [-0.05, 0) is 86.9 Å². The van der Waals surface area contributed by atoms with E-state index in [1.54, 1.807) is 12.1 Å². The Morgan fingerprint density at radius 3 is 2.63 bits per heavy atom. The average molecular weight is 410 g/mol. The number of hydrogen-bond acceptors (Lipinski definition) is 2. The lowest BCUT2D eigenvalue weighted by molar-refractivity contribution is 0.109. The van der Waals surface area contributed by atoms with Gasteiger partial charge in [0.05, 0.1) is 5.54 Å². The fourth-order valence-corrected chi connectivity index (χ4v) is 4.81. The molecule has 30 heavy (non-hydrogen) atoms. The molecule has 2 aromatic carbocycles. The smallest absolute Gasteiger partial charge is 0.319 e. The Morgan fingerprint density at radius 1 is 1.13 bits per heavy atom. The van der Waals surface area contributed by atoms with Gasteiger partial charge in [0.2, 0.25) is 0 Å². The van der Waals surface area contributed by atoms with Crippen molar-refractivity contribution in [1.29, 1.82) is 0 Å². The van der Waals surface area contributed by atoms with E-state index < -0.39 is 0 Å². The summed E-state index contributed by atoms with van der Waals surface area (Å²) in [6.45, 7) is 4.07. The highest BCUT2D eigenvalue weighted by molar-refractivity contribution is 5.90. The van der Waals surface area contributed by atoms with E-state index in [2.05, 4.69) is 28.5 Å². The monoisotopic (exact) mass is 409 g/mol. The van der Waals surface area contributed by atoms with Crippen molar-refractivity contribution < 1.29 is 9.18 Å². The summed E-state index contributed by atoms with van der Waals surface area (Å²) in [4.78, 5) is 15.3. The molecular formula is C25H32FN3O. The zero-order valence-electron chi connectivity index (χ0n) is 17.8. The Kier molecular flexibility index (Phi) is 6.38. The predicted molar refractivity (Wildman–Crippen MR) is 119 cm³/mol. The molecule has 5 heteroatoms. The highest BCUT2D eigenvalue weighted by atomic mass is 19.1. The fourth-order valence-electron chi connectivity index (χ4n) is 4.81. The zero-order valence-corrected chi connectivity index (χ0v) is 17.8. The maximum absolute atomic E-state index is 13.2. The third kappa shape index (κ3) is 5.01. The summed E-state index contributed by atoms with van der Waals surface area (Å²) < 4.78 is 13.2. The van der Waals surface area contributed by atoms with Gasteiger partial charge >= 0.3 is 6.03 Å². The lowest BCUT2D eigenvalue weighted by atomic mass is 9.76. The highest BCUT2D eigenvalue weighted by Gasteiger charge is 2.42. The lowest BCUT2D eigenvalue weighted by Crippen LogP contribution is -2.61. The van der Waals surface area contributed by atoms with E-state index in [0.29, 0.717) is 6.04 Å². The van der Waals surface area contributed by atoms with E-state index >= 15 is 0 Å². The molecule has 0 spiro atoms. The van der Waals surface area contributed by atoms with Gasteiger partial charge in [-0.3, -0.25) is 4.90 Å². The second kappa shape index (κ2) is 9.17. The van der Waals surface area contributed by atoms with Crippen LogP contribution in [0.1, 0.15) is 50.2 Å². The number of halogens is 1. The van der Waals surface area contributed by atoms with E-state index in [1.807, 2.05) is 30.3 Å². The van der Waals surface area contributed by atoms with E-state index in [0.717, 1.165) is 57.3 Å². The molecule has 1 heterocycles. The van der Waals surface area contributed by atoms with Crippen LogP contribution in [0.5, 0.6) is 0 Å². The third-order valence-corrected chi connectivity index (χ3v) is 6.67. The summed E-state index contributed by atoms with van der Waals surface area (Å²) in [6, 6.07) is 15.2. The maximum atomic E-state index is 13.2. The number of carbonyl (C=O) groups is 1. The van der Waals surface area contributed by atoms with Crippen molar-refractivity contribution in [2.24, 2.45) is 0 Å². The second-order valence-electron chi connectivity index (χ2n) is 8.86. The standard InChI is InChI=1S/C25H32FN3O/c1-2-19-6-3-7-22(16-19)27-24(30)28-25(13-5-14-25)18-29-15-4-8-23(29)17-20-9-11-21(26)12-10-20/h3,6-7,9-12,16,23H,2,4-5,8,13-15,17-18H2,1H3,(H2,27,28,30). The molecule has 0 radical (unpaired) electrons. The van der Waals surface area contributed by atoms with Crippen LogP contribution in [-0.4, -0.2) is 35.6 Å². The molecule has 1 saturated carbocycles. The number of carbonyl (C=O) groups excluding carboxylic acids is 1. The molecule has 2 fully saturated rings. The minimum Gasteiger partial charge on any atom is -0.331 e. The number of benzene rings is 2. The molecule has 2 amide bonds. The van der Waals surface area contributed by atoms with Gasteiger partial charge in [-0.2, -0.15) is 0 Å². The van der Waals surface area contributed by atoms with Crippen LogP contribution in [0.25, 0.3) is 0 Å². The largest absolute Gasteiger partial charge is 0.331 e. The van der Waals surface area contributed by atoms with E-state index in [4.69, 9.17) is 0 Å². The van der Waals surface area contributed by atoms with Gasteiger partial charge in [-0.1, -0.05) is 31.2 Å². The minimum atomic E-state index is -0.185. The number of nitrogens with zero attached hydrogens (tertiary/aromatic N) is 1. The van der Waals surface area contributed by atoms with Crippen molar-refractivity contribution in [3.8, 4) is 0 Å². The first-order valence-electron chi connectivity index (χ1n) is 11.2. The summed E-state index contributed by atoms with van der Waals surface area (Å²) in [5.74, 6) is -0.185. The number of hydrogen-bond donors (Lipinski definition) is 2. The Balaban J connectivity index is 1.36. The number of likely N-dealkylation sites (tertiary alicyclic amines) is 1. The van der Waals surface area contributed by atoms with Crippen molar-refractivity contribution in [1.82, 2.24) is 10.2 Å². The van der Waals surface area contributed by atoms with Crippen LogP contribution >= 0.6 is 0 Å². The molecule has 4 rings (SSSR count). The quantitative estimate of drug-likeness (QED) is 0.665. The molecule has 2 aliphatic rings. The minimum absolute atomic E-state index is 0.114. The Hall–Kier alpha value is -2.40. The first kappa shape index (κ1) is 20.9. The second-order valence-corrected chi connectivity index (χ2v) is 8.86. The van der Waals surface area contributed by atoms with Gasteiger partial charge in [0.25, 0.3) is 0 Å². The molecule has 1 unspecified atom stereocenters. The van der Waals surface area contributed by atoms with E-state index in [1.165, 1.54) is 17.5 Å². The molecule has 4 nitrogen and oxygen atoms in total. The van der Waals surface area contributed by atoms with Gasteiger partial charge < -0.3 is 10.6 Å². The number of urea groups is 1. The molecular weight excluding hydrogens is 377 g/mol. The lowest BCUT2D eigenvalue weighted by Gasteiger charge is -2.46. The van der Waals surface area contributed by atoms with Crippen molar-refractivity contribution in [2.75, 3.05) is 18.4 Å². The van der Waals surface area contributed by atoms with Crippen LogP contribution in [0.15, 0.2) is 48.5 Å². The Morgan fingerprint density at radius 2 is 1.93 bits per heavy atom. The van der Waals surface area contributed by atoms with E-state index in [9.17, 15) is 9.18 Å². The molecule has 2 N–H and O–H groups in total. The molecule has 1 aliphatic heterocycles. The van der Waals surface area contributed by atoms with Gasteiger partial charge in [-0.15, -0.1) is 0 Å². The summed E-state index contributed by atoms with van der Waals surface area (Å²) in [6.07, 6.45) is 7.42. The third-order valence-electron chi connectivity index (χ3n) is 6.67. The summed E-state index contributed by atoms with van der Waals surface area (Å²) in [5.41, 5.74) is 3.10. The summed E-state index contributed by atoms with van der Waals surface area (Å²) in [7, 11) is 0. The summed E-state index contributed by atoms with van der Waals surface area (Å²) in [5, 5.41) is 6.31. The molecule has 1 atom stereocenters. The van der Waals surface area contributed by atoms with Crippen LogP contribution in [0.2, 0.25) is 0 Å². The van der Waals surface area contributed by atoms with Crippen LogP contribution in [0, 0.1) is 5.82 Å². The number of rotatable bonds is 7. The van der Waals surface area contributed by atoms with Crippen LogP contribution in [-0.2, 0) is 12.8 Å². The Labute approximate surface area is 178 Å². The number of aryl methyl sites for hydroxylation is 1. The number of nitrogens with one attached hydrogen (secondary N) is 2. The van der Waals surface area contributed by atoms with Crippen molar-refractivity contribution >= 4 is 11.7 Å². The van der Waals surface area contributed by atoms with Crippen molar-refractivity contribution in [3.05, 3.63) is 65.5 Å².